The number of benzene rings is 1. The fourth-order valence-electron chi connectivity index (χ4n) is 4.12. The van der Waals surface area contributed by atoms with E-state index in [-0.39, 0.29) is 17.2 Å². The first-order chi connectivity index (χ1) is 11.9. The van der Waals surface area contributed by atoms with Crippen LogP contribution in [-0.4, -0.2) is 46.8 Å². The number of nitrogens with two attached hydrogens (primary N) is 1. The van der Waals surface area contributed by atoms with Crippen molar-refractivity contribution in [3.63, 3.8) is 0 Å². The summed E-state index contributed by atoms with van der Waals surface area (Å²) in [5.41, 5.74) is 6.57. The highest BCUT2D eigenvalue weighted by molar-refractivity contribution is 6.30. The lowest BCUT2D eigenvalue weighted by atomic mass is 9.77. The van der Waals surface area contributed by atoms with Crippen molar-refractivity contribution in [2.24, 2.45) is 11.1 Å². The second-order valence-electron chi connectivity index (χ2n) is 8.00. The zero-order valence-corrected chi connectivity index (χ0v) is 15.1. The van der Waals surface area contributed by atoms with Crippen LogP contribution in [0.1, 0.15) is 37.7 Å². The molecule has 1 aliphatic carbocycles. The molecule has 2 aliphatic heterocycles. The predicted molar refractivity (Wildman–Crippen MR) is 95.9 cm³/mol. The monoisotopic (exact) mass is 361 g/mol. The van der Waals surface area contributed by atoms with E-state index in [1.807, 2.05) is 34.1 Å². The lowest BCUT2D eigenvalue weighted by Gasteiger charge is -2.39. The highest BCUT2D eigenvalue weighted by atomic mass is 35.5. The molecule has 134 valence electrons. The number of halogens is 1. The molecule has 0 unspecified atom stereocenters. The van der Waals surface area contributed by atoms with Crippen molar-refractivity contribution in [3.8, 4) is 0 Å². The minimum atomic E-state index is -0.587. The molecule has 2 N–H and O–H groups in total. The van der Waals surface area contributed by atoms with Gasteiger partial charge in [0.25, 0.3) is 0 Å². The highest BCUT2D eigenvalue weighted by Gasteiger charge is 2.51. The van der Waals surface area contributed by atoms with E-state index in [1.165, 1.54) is 0 Å². The number of piperidine rings is 1. The van der Waals surface area contributed by atoms with E-state index in [9.17, 15) is 9.59 Å². The average molecular weight is 362 g/mol. The van der Waals surface area contributed by atoms with Gasteiger partial charge in [-0.2, -0.15) is 0 Å². The molecule has 1 saturated carbocycles. The molecule has 5 nitrogen and oxygen atoms in total. The molecular weight excluding hydrogens is 338 g/mol. The Labute approximate surface area is 153 Å². The van der Waals surface area contributed by atoms with Gasteiger partial charge in [-0.3, -0.25) is 9.59 Å². The van der Waals surface area contributed by atoms with Crippen molar-refractivity contribution < 1.29 is 9.59 Å². The standard InChI is InChI=1S/C19H24ClN3O2/c20-15-3-1-14(2-4-15)12-23-13-18(11-16(23)24)7-9-22(10-8-18)17(25)19(21)5-6-19/h1-4H,5-13,21H2. The number of amides is 2. The molecule has 3 fully saturated rings. The third-order valence-corrected chi connectivity index (χ3v) is 6.27. The summed E-state index contributed by atoms with van der Waals surface area (Å²) in [7, 11) is 0. The molecular formula is C19H24ClN3O2. The summed E-state index contributed by atoms with van der Waals surface area (Å²) in [5, 5.41) is 0.707. The number of hydrogen-bond donors (Lipinski definition) is 1. The summed E-state index contributed by atoms with van der Waals surface area (Å²) in [6, 6.07) is 7.66. The van der Waals surface area contributed by atoms with Gasteiger partial charge in [-0.05, 0) is 43.4 Å². The third kappa shape index (κ3) is 3.27. The summed E-state index contributed by atoms with van der Waals surface area (Å²) in [5.74, 6) is 0.317. The average Bonchev–Trinajstić information content (AvgIpc) is 3.28. The molecule has 0 radical (unpaired) electrons. The van der Waals surface area contributed by atoms with Gasteiger partial charge in [-0.25, -0.2) is 0 Å². The zero-order chi connectivity index (χ0) is 17.7. The number of carbonyl (C=O) groups is 2. The Hall–Kier alpha value is -1.59. The third-order valence-electron chi connectivity index (χ3n) is 6.02. The molecule has 1 aromatic rings. The topological polar surface area (TPSA) is 66.6 Å². The van der Waals surface area contributed by atoms with Crippen molar-refractivity contribution in [3.05, 3.63) is 34.9 Å². The van der Waals surface area contributed by atoms with Crippen molar-refractivity contribution >= 4 is 23.4 Å². The van der Waals surface area contributed by atoms with E-state index in [2.05, 4.69) is 0 Å². The van der Waals surface area contributed by atoms with Gasteiger partial charge >= 0.3 is 0 Å². The van der Waals surface area contributed by atoms with Crippen molar-refractivity contribution in [2.75, 3.05) is 19.6 Å². The molecule has 0 bridgehead atoms. The van der Waals surface area contributed by atoms with Crippen LogP contribution in [0.5, 0.6) is 0 Å². The minimum absolute atomic E-state index is 0.0194. The Morgan fingerprint density at radius 3 is 2.36 bits per heavy atom. The number of likely N-dealkylation sites (tertiary alicyclic amines) is 2. The van der Waals surface area contributed by atoms with Crippen LogP contribution >= 0.6 is 11.6 Å². The SMILES string of the molecule is NC1(C(=O)N2CCC3(CC2)CC(=O)N(Cc2ccc(Cl)cc2)C3)CC1. The number of hydrogen-bond acceptors (Lipinski definition) is 3. The summed E-state index contributed by atoms with van der Waals surface area (Å²) in [6.07, 6.45) is 3.98. The van der Waals surface area contributed by atoms with Gasteiger partial charge in [0.1, 0.15) is 0 Å². The molecule has 0 atom stereocenters. The Kier molecular flexibility index (Phi) is 4.04. The first-order valence-corrected chi connectivity index (χ1v) is 9.38. The van der Waals surface area contributed by atoms with Crippen LogP contribution < -0.4 is 5.73 Å². The van der Waals surface area contributed by atoms with Crippen molar-refractivity contribution in [1.29, 1.82) is 0 Å². The largest absolute Gasteiger partial charge is 0.341 e. The molecule has 2 saturated heterocycles. The molecule has 1 spiro atoms. The Morgan fingerprint density at radius 1 is 1.12 bits per heavy atom. The normalized spacial score (nSPS) is 24.0. The number of rotatable bonds is 3. The zero-order valence-electron chi connectivity index (χ0n) is 14.3. The van der Waals surface area contributed by atoms with Gasteiger partial charge < -0.3 is 15.5 Å². The Morgan fingerprint density at radius 2 is 1.76 bits per heavy atom. The molecule has 1 aromatic carbocycles. The van der Waals surface area contributed by atoms with Crippen LogP contribution in [0.2, 0.25) is 5.02 Å². The summed E-state index contributed by atoms with van der Waals surface area (Å²) in [4.78, 5) is 28.8. The van der Waals surface area contributed by atoms with Crippen LogP contribution in [0.4, 0.5) is 0 Å². The molecule has 0 aromatic heterocycles. The Bertz CT molecular complexity index is 691. The molecule has 4 rings (SSSR count). The van der Waals surface area contributed by atoms with Gasteiger partial charge in [0.2, 0.25) is 11.8 Å². The van der Waals surface area contributed by atoms with E-state index in [0.29, 0.717) is 18.0 Å². The highest BCUT2D eigenvalue weighted by Crippen LogP contribution is 2.43. The predicted octanol–water partition coefficient (Wildman–Crippen LogP) is 2.17. The van der Waals surface area contributed by atoms with Crippen LogP contribution in [-0.2, 0) is 16.1 Å². The van der Waals surface area contributed by atoms with Crippen LogP contribution in [0.3, 0.4) is 0 Å². The summed E-state index contributed by atoms with van der Waals surface area (Å²) < 4.78 is 0. The molecule has 2 heterocycles. The van der Waals surface area contributed by atoms with E-state index in [1.54, 1.807) is 0 Å². The molecule has 3 aliphatic rings. The van der Waals surface area contributed by atoms with Crippen LogP contribution in [0.15, 0.2) is 24.3 Å². The number of carbonyl (C=O) groups excluding carboxylic acids is 2. The first kappa shape index (κ1) is 16.9. The minimum Gasteiger partial charge on any atom is -0.341 e. The number of nitrogens with zero attached hydrogens (tertiary/aromatic N) is 2. The van der Waals surface area contributed by atoms with Crippen molar-refractivity contribution in [2.45, 2.75) is 44.2 Å². The molecule has 2 amide bonds. The van der Waals surface area contributed by atoms with Crippen LogP contribution in [0, 0.1) is 5.41 Å². The second-order valence-corrected chi connectivity index (χ2v) is 8.44. The summed E-state index contributed by atoms with van der Waals surface area (Å²) >= 11 is 5.93. The maximum Gasteiger partial charge on any atom is 0.242 e. The fraction of sp³-hybridized carbons (Fsp3) is 0.579. The van der Waals surface area contributed by atoms with E-state index < -0.39 is 5.54 Å². The second kappa shape index (κ2) is 5.99. The maximum absolute atomic E-state index is 12.5. The summed E-state index contributed by atoms with van der Waals surface area (Å²) in [6.45, 7) is 2.86. The Balaban J connectivity index is 1.37. The lowest BCUT2D eigenvalue weighted by Crippen LogP contribution is -2.51. The van der Waals surface area contributed by atoms with Gasteiger partial charge in [0.15, 0.2) is 0 Å². The van der Waals surface area contributed by atoms with Crippen molar-refractivity contribution in [1.82, 2.24) is 9.80 Å². The van der Waals surface area contributed by atoms with E-state index in [4.69, 9.17) is 17.3 Å². The maximum atomic E-state index is 12.5. The molecule has 25 heavy (non-hydrogen) atoms. The van der Waals surface area contributed by atoms with Gasteiger partial charge in [0, 0.05) is 43.0 Å². The molecule has 6 heteroatoms. The van der Waals surface area contributed by atoms with Gasteiger partial charge in [0.05, 0.1) is 5.54 Å². The van der Waals surface area contributed by atoms with Gasteiger partial charge in [-0.1, -0.05) is 23.7 Å². The van der Waals surface area contributed by atoms with Gasteiger partial charge in [-0.15, -0.1) is 0 Å². The van der Waals surface area contributed by atoms with E-state index >= 15 is 0 Å². The van der Waals surface area contributed by atoms with Crippen LogP contribution in [0.25, 0.3) is 0 Å². The lowest BCUT2D eigenvalue weighted by molar-refractivity contribution is -0.135. The quantitative estimate of drug-likeness (QED) is 0.897. The van der Waals surface area contributed by atoms with E-state index in [0.717, 1.165) is 50.9 Å². The first-order valence-electron chi connectivity index (χ1n) is 9.00. The fourth-order valence-corrected chi connectivity index (χ4v) is 4.24. The smallest absolute Gasteiger partial charge is 0.242 e.